The maximum Gasteiger partial charge on any atom is 0.229 e. The molecule has 22 heavy (non-hydrogen) atoms. The van der Waals surface area contributed by atoms with Crippen LogP contribution in [0.15, 0.2) is 4.52 Å². The molecule has 126 valence electrons. The van der Waals surface area contributed by atoms with Gasteiger partial charge in [0.05, 0.1) is 17.8 Å². The summed E-state index contributed by atoms with van der Waals surface area (Å²) in [6.07, 6.45) is 1.75. The number of hydrogen-bond donors (Lipinski definition) is 1. The predicted molar refractivity (Wildman–Crippen MR) is 80.8 cm³/mol. The Hall–Kier alpha value is -1.03. The fraction of sp³-hybridized carbons (Fsp3) is 0.846. The van der Waals surface area contributed by atoms with Crippen LogP contribution in [0.25, 0.3) is 0 Å². The van der Waals surface area contributed by atoms with Crippen molar-refractivity contribution in [1.82, 2.24) is 19.3 Å². The van der Waals surface area contributed by atoms with Gasteiger partial charge in [0.1, 0.15) is 0 Å². The standard InChI is InChI=1S/C13H24N4O4S/c1-11-14-12(21-15-11)9-13(18)5-4-6-17(10-13)7-8-22(19,20)16(2)3/h18H,4-10H2,1-3H3. The van der Waals surface area contributed by atoms with Gasteiger partial charge in [0.2, 0.25) is 15.9 Å². The highest BCUT2D eigenvalue weighted by Crippen LogP contribution is 2.24. The van der Waals surface area contributed by atoms with Crippen LogP contribution in [0, 0.1) is 6.92 Å². The number of sulfonamides is 1. The number of aliphatic hydroxyl groups is 1. The van der Waals surface area contributed by atoms with Crippen molar-refractivity contribution in [1.29, 1.82) is 0 Å². The average Bonchev–Trinajstić information content (AvgIpc) is 2.81. The topological polar surface area (TPSA) is 99.8 Å². The third-order valence-corrected chi connectivity index (χ3v) is 5.72. The number of rotatable bonds is 6. The number of nitrogens with zero attached hydrogens (tertiary/aromatic N) is 4. The molecule has 0 radical (unpaired) electrons. The Bertz CT molecular complexity index is 601. The predicted octanol–water partition coefficient (Wildman–Crippen LogP) is -0.361. The zero-order valence-corrected chi connectivity index (χ0v) is 14.1. The summed E-state index contributed by atoms with van der Waals surface area (Å²) in [7, 11) is -0.166. The van der Waals surface area contributed by atoms with E-state index in [0.717, 1.165) is 13.0 Å². The number of aryl methyl sites for hydroxylation is 1. The van der Waals surface area contributed by atoms with E-state index in [0.29, 0.717) is 37.6 Å². The van der Waals surface area contributed by atoms with Crippen LogP contribution in [0.2, 0.25) is 0 Å². The molecule has 0 aromatic carbocycles. The fourth-order valence-corrected chi connectivity index (χ4v) is 3.52. The molecule has 1 unspecified atom stereocenters. The maximum absolute atomic E-state index is 11.8. The van der Waals surface area contributed by atoms with Gasteiger partial charge in [-0.15, -0.1) is 0 Å². The Morgan fingerprint density at radius 3 is 2.77 bits per heavy atom. The second kappa shape index (κ2) is 6.61. The monoisotopic (exact) mass is 332 g/mol. The molecule has 1 atom stereocenters. The first-order chi connectivity index (χ1) is 10.2. The summed E-state index contributed by atoms with van der Waals surface area (Å²) < 4.78 is 30.0. The van der Waals surface area contributed by atoms with Gasteiger partial charge in [0.25, 0.3) is 0 Å². The van der Waals surface area contributed by atoms with Crippen LogP contribution >= 0.6 is 0 Å². The minimum Gasteiger partial charge on any atom is -0.388 e. The minimum atomic E-state index is -3.22. The normalized spacial score (nSPS) is 24.0. The Morgan fingerprint density at radius 2 is 2.18 bits per heavy atom. The summed E-state index contributed by atoms with van der Waals surface area (Å²) in [5, 5.41) is 14.4. The van der Waals surface area contributed by atoms with Crippen LogP contribution in [-0.4, -0.2) is 78.0 Å². The van der Waals surface area contributed by atoms with Gasteiger partial charge in [0.15, 0.2) is 5.82 Å². The SMILES string of the molecule is Cc1noc(CC2(O)CCCN(CCS(=O)(=O)N(C)C)C2)n1. The van der Waals surface area contributed by atoms with Gasteiger partial charge in [-0.3, -0.25) is 4.90 Å². The van der Waals surface area contributed by atoms with E-state index in [-0.39, 0.29) is 5.75 Å². The van der Waals surface area contributed by atoms with Crippen LogP contribution in [0.3, 0.4) is 0 Å². The molecular weight excluding hydrogens is 308 g/mol. The quantitative estimate of drug-likeness (QED) is 0.759. The van der Waals surface area contributed by atoms with Crippen molar-refractivity contribution >= 4 is 10.0 Å². The van der Waals surface area contributed by atoms with Crippen molar-refractivity contribution in [2.75, 3.05) is 39.5 Å². The molecule has 1 fully saturated rings. The number of β-amino-alcohol motifs (C(OH)–C–C–N with tert-alkyl or cyclic N) is 1. The molecule has 0 aliphatic carbocycles. The molecule has 1 aliphatic heterocycles. The first kappa shape index (κ1) is 17.3. The molecule has 0 amide bonds. The van der Waals surface area contributed by atoms with Gasteiger partial charge < -0.3 is 9.63 Å². The van der Waals surface area contributed by atoms with E-state index in [4.69, 9.17) is 4.52 Å². The third-order valence-electron chi connectivity index (χ3n) is 3.91. The van der Waals surface area contributed by atoms with E-state index in [9.17, 15) is 13.5 Å². The van der Waals surface area contributed by atoms with E-state index < -0.39 is 15.6 Å². The van der Waals surface area contributed by atoms with E-state index >= 15 is 0 Å². The van der Waals surface area contributed by atoms with Gasteiger partial charge in [-0.2, -0.15) is 4.98 Å². The second-order valence-corrected chi connectivity index (χ2v) is 8.42. The molecule has 0 saturated carbocycles. The highest BCUT2D eigenvalue weighted by Gasteiger charge is 2.35. The van der Waals surface area contributed by atoms with Gasteiger partial charge in [0, 0.05) is 27.2 Å². The summed E-state index contributed by atoms with van der Waals surface area (Å²) in [6.45, 7) is 3.34. The molecular formula is C13H24N4O4S. The van der Waals surface area contributed by atoms with Crippen molar-refractivity contribution in [3.8, 4) is 0 Å². The highest BCUT2D eigenvalue weighted by atomic mass is 32.2. The van der Waals surface area contributed by atoms with Crippen LogP contribution < -0.4 is 0 Å². The molecule has 1 aromatic heterocycles. The molecule has 2 heterocycles. The Balaban J connectivity index is 1.93. The van der Waals surface area contributed by atoms with E-state index in [1.54, 1.807) is 6.92 Å². The van der Waals surface area contributed by atoms with Crippen molar-refractivity contribution < 1.29 is 18.0 Å². The number of piperidine rings is 1. The summed E-state index contributed by atoms with van der Waals surface area (Å²) in [4.78, 5) is 6.10. The van der Waals surface area contributed by atoms with Crippen LogP contribution in [0.1, 0.15) is 24.6 Å². The average molecular weight is 332 g/mol. The first-order valence-corrected chi connectivity index (χ1v) is 8.95. The zero-order chi connectivity index (χ0) is 16.4. The lowest BCUT2D eigenvalue weighted by molar-refractivity contribution is -0.0332. The summed E-state index contributed by atoms with van der Waals surface area (Å²) in [6, 6.07) is 0. The van der Waals surface area contributed by atoms with Gasteiger partial charge in [-0.25, -0.2) is 12.7 Å². The molecule has 2 rings (SSSR count). The molecule has 0 spiro atoms. The van der Waals surface area contributed by atoms with Gasteiger partial charge in [-0.1, -0.05) is 5.16 Å². The van der Waals surface area contributed by atoms with Crippen LogP contribution in [0.4, 0.5) is 0 Å². The van der Waals surface area contributed by atoms with Crippen LogP contribution in [-0.2, 0) is 16.4 Å². The van der Waals surface area contributed by atoms with Gasteiger partial charge >= 0.3 is 0 Å². The lowest BCUT2D eigenvalue weighted by Crippen LogP contribution is -2.50. The van der Waals surface area contributed by atoms with Crippen molar-refractivity contribution in [3.63, 3.8) is 0 Å². The number of likely N-dealkylation sites (tertiary alicyclic amines) is 1. The van der Waals surface area contributed by atoms with Crippen molar-refractivity contribution in [2.45, 2.75) is 31.8 Å². The number of hydrogen-bond acceptors (Lipinski definition) is 7. The zero-order valence-electron chi connectivity index (χ0n) is 13.3. The molecule has 8 nitrogen and oxygen atoms in total. The lowest BCUT2D eigenvalue weighted by atomic mass is 9.89. The molecule has 1 N–H and O–H groups in total. The van der Waals surface area contributed by atoms with E-state index in [1.807, 2.05) is 4.90 Å². The smallest absolute Gasteiger partial charge is 0.229 e. The molecule has 1 aromatic rings. The van der Waals surface area contributed by atoms with Gasteiger partial charge in [-0.05, 0) is 26.3 Å². The Morgan fingerprint density at radius 1 is 1.45 bits per heavy atom. The van der Waals surface area contributed by atoms with E-state index in [1.165, 1.54) is 18.4 Å². The number of aromatic nitrogens is 2. The summed E-state index contributed by atoms with van der Waals surface area (Å²) in [5.41, 5.74) is -0.945. The Kier molecular flexibility index (Phi) is 5.21. The van der Waals surface area contributed by atoms with E-state index in [2.05, 4.69) is 10.1 Å². The molecule has 1 aliphatic rings. The highest BCUT2D eigenvalue weighted by molar-refractivity contribution is 7.89. The summed E-state index contributed by atoms with van der Waals surface area (Å²) in [5.74, 6) is 1.02. The minimum absolute atomic E-state index is 0.0513. The Labute approximate surface area is 131 Å². The third kappa shape index (κ3) is 4.48. The molecule has 0 bridgehead atoms. The lowest BCUT2D eigenvalue weighted by Gasteiger charge is -2.38. The van der Waals surface area contributed by atoms with Crippen LogP contribution in [0.5, 0.6) is 0 Å². The molecule has 9 heteroatoms. The second-order valence-electron chi connectivity index (χ2n) is 6.11. The summed E-state index contributed by atoms with van der Waals surface area (Å²) >= 11 is 0. The van der Waals surface area contributed by atoms with Crippen molar-refractivity contribution in [3.05, 3.63) is 11.7 Å². The molecule has 1 saturated heterocycles. The first-order valence-electron chi connectivity index (χ1n) is 7.34. The van der Waals surface area contributed by atoms with Crippen molar-refractivity contribution in [2.24, 2.45) is 0 Å². The largest absolute Gasteiger partial charge is 0.388 e. The maximum atomic E-state index is 11.8. The fourth-order valence-electron chi connectivity index (χ4n) is 2.66.